The van der Waals surface area contributed by atoms with E-state index in [1.54, 1.807) is 4.68 Å². The Morgan fingerprint density at radius 3 is 2.77 bits per heavy atom. The van der Waals surface area contributed by atoms with E-state index in [4.69, 9.17) is 5.73 Å². The van der Waals surface area contributed by atoms with Crippen molar-refractivity contribution in [3.8, 4) is 0 Å². The van der Waals surface area contributed by atoms with Crippen molar-refractivity contribution in [3.63, 3.8) is 0 Å². The topological polar surface area (TPSA) is 55.9 Å². The van der Waals surface area contributed by atoms with Crippen molar-refractivity contribution < 1.29 is 0 Å². The van der Waals surface area contributed by atoms with Crippen molar-refractivity contribution in [1.82, 2.24) is 9.78 Å². The molecule has 1 aliphatic rings. The maximum atomic E-state index is 5.75. The zero-order chi connectivity index (χ0) is 9.26. The van der Waals surface area contributed by atoms with Crippen molar-refractivity contribution in [2.24, 2.45) is 7.05 Å². The van der Waals surface area contributed by atoms with Crippen LogP contribution in [0.1, 0.15) is 12.8 Å². The second-order valence-electron chi connectivity index (χ2n) is 3.39. The van der Waals surface area contributed by atoms with E-state index in [0.717, 1.165) is 24.3 Å². The Morgan fingerprint density at radius 2 is 2.23 bits per heavy atom. The van der Waals surface area contributed by atoms with E-state index < -0.39 is 0 Å². The van der Waals surface area contributed by atoms with Gasteiger partial charge in [0.1, 0.15) is 0 Å². The molecular weight excluding hydrogens is 164 g/mol. The lowest BCUT2D eigenvalue weighted by Crippen LogP contribution is -2.16. The monoisotopic (exact) mass is 178 g/mol. The molecule has 1 aromatic rings. The quantitative estimate of drug-likeness (QED) is 0.667. The van der Waals surface area contributed by atoms with Crippen LogP contribution in [0.15, 0.2) is 18.3 Å². The molecule has 0 aromatic carbocycles. The zero-order valence-corrected chi connectivity index (χ0v) is 7.70. The summed E-state index contributed by atoms with van der Waals surface area (Å²) < 4.78 is 1.72. The molecule has 0 saturated heterocycles. The molecule has 0 atom stereocenters. The van der Waals surface area contributed by atoms with Gasteiger partial charge in [-0.15, -0.1) is 0 Å². The number of nitrogens with one attached hydrogen (secondary N) is 1. The van der Waals surface area contributed by atoms with E-state index in [0.29, 0.717) is 6.04 Å². The van der Waals surface area contributed by atoms with Gasteiger partial charge in [0.15, 0.2) is 5.82 Å². The summed E-state index contributed by atoms with van der Waals surface area (Å²) in [6.07, 6.45) is 8.30. The summed E-state index contributed by atoms with van der Waals surface area (Å²) in [6, 6.07) is 0.470. The Hall–Kier alpha value is -1.45. The molecule has 0 radical (unpaired) electrons. The first kappa shape index (κ1) is 8.16. The van der Waals surface area contributed by atoms with Crippen molar-refractivity contribution in [1.29, 1.82) is 0 Å². The van der Waals surface area contributed by atoms with E-state index in [9.17, 15) is 0 Å². The number of nitrogens with two attached hydrogens (primary N) is 1. The number of aromatic nitrogens is 2. The number of hydrogen-bond acceptors (Lipinski definition) is 3. The molecule has 0 unspecified atom stereocenters. The zero-order valence-electron chi connectivity index (χ0n) is 7.70. The molecule has 4 nitrogen and oxygen atoms in total. The van der Waals surface area contributed by atoms with Gasteiger partial charge in [0.25, 0.3) is 0 Å². The number of nitrogens with zero attached hydrogens (tertiary/aromatic N) is 2. The fraction of sp³-hybridized carbons (Fsp3) is 0.444. The second-order valence-corrected chi connectivity index (χ2v) is 3.39. The van der Waals surface area contributed by atoms with E-state index >= 15 is 0 Å². The van der Waals surface area contributed by atoms with Crippen LogP contribution in [-0.2, 0) is 7.05 Å². The number of anilines is 2. The number of hydrogen-bond donors (Lipinski definition) is 2. The number of rotatable bonds is 2. The van der Waals surface area contributed by atoms with Gasteiger partial charge in [-0.25, -0.2) is 0 Å². The Balaban J connectivity index is 2.04. The molecule has 0 bridgehead atoms. The Labute approximate surface area is 77.4 Å². The summed E-state index contributed by atoms with van der Waals surface area (Å²) in [5.74, 6) is 0.802. The fourth-order valence-corrected chi connectivity index (χ4v) is 1.55. The molecule has 0 fully saturated rings. The molecule has 0 saturated carbocycles. The smallest absolute Gasteiger partial charge is 0.171 e. The SMILES string of the molecule is Cn1cc(N)c(NC2CC=CC2)n1. The summed E-state index contributed by atoms with van der Waals surface area (Å²) in [6.45, 7) is 0. The standard InChI is InChI=1S/C9H14N4/c1-13-6-8(10)9(12-13)11-7-4-2-3-5-7/h2-3,6-7H,4-5,10H2,1H3,(H,11,12). The highest BCUT2D eigenvalue weighted by Gasteiger charge is 2.12. The van der Waals surface area contributed by atoms with Crippen LogP contribution in [0, 0.1) is 0 Å². The molecule has 4 heteroatoms. The third-order valence-corrected chi connectivity index (χ3v) is 2.21. The Bertz CT molecular complexity index is 318. The van der Waals surface area contributed by atoms with E-state index in [1.165, 1.54) is 0 Å². The third kappa shape index (κ3) is 1.66. The first-order valence-electron chi connectivity index (χ1n) is 4.46. The van der Waals surface area contributed by atoms with Gasteiger partial charge in [-0.2, -0.15) is 5.10 Å². The molecule has 0 amide bonds. The third-order valence-electron chi connectivity index (χ3n) is 2.21. The van der Waals surface area contributed by atoms with E-state index in [1.807, 2.05) is 13.2 Å². The molecule has 13 heavy (non-hydrogen) atoms. The predicted octanol–water partition coefficient (Wildman–Crippen LogP) is 1.13. The molecule has 2 rings (SSSR count). The maximum absolute atomic E-state index is 5.75. The summed E-state index contributed by atoms with van der Waals surface area (Å²) in [5, 5.41) is 7.54. The van der Waals surface area contributed by atoms with Crippen LogP contribution in [0.3, 0.4) is 0 Å². The lowest BCUT2D eigenvalue weighted by molar-refractivity contribution is 0.743. The van der Waals surface area contributed by atoms with E-state index in [2.05, 4.69) is 22.6 Å². The van der Waals surface area contributed by atoms with Crippen LogP contribution < -0.4 is 11.1 Å². The highest BCUT2D eigenvalue weighted by molar-refractivity contribution is 5.60. The second kappa shape index (κ2) is 3.12. The highest BCUT2D eigenvalue weighted by atomic mass is 15.3. The van der Waals surface area contributed by atoms with Crippen LogP contribution in [0.25, 0.3) is 0 Å². The van der Waals surface area contributed by atoms with Crippen molar-refractivity contribution in [2.45, 2.75) is 18.9 Å². The largest absolute Gasteiger partial charge is 0.394 e. The lowest BCUT2D eigenvalue weighted by atomic mass is 10.2. The van der Waals surface area contributed by atoms with Gasteiger partial charge in [-0.05, 0) is 12.8 Å². The normalized spacial score (nSPS) is 16.7. The predicted molar refractivity (Wildman–Crippen MR) is 53.4 cm³/mol. The Kier molecular flexibility index (Phi) is 1.96. The van der Waals surface area contributed by atoms with Gasteiger partial charge in [0.05, 0.1) is 5.69 Å². The average Bonchev–Trinajstić information content (AvgIpc) is 2.63. The molecule has 1 aliphatic carbocycles. The summed E-state index contributed by atoms with van der Waals surface area (Å²) >= 11 is 0. The average molecular weight is 178 g/mol. The first-order valence-corrected chi connectivity index (χ1v) is 4.46. The summed E-state index contributed by atoms with van der Waals surface area (Å²) in [5.41, 5.74) is 6.47. The van der Waals surface area contributed by atoms with Crippen LogP contribution in [0.5, 0.6) is 0 Å². The molecule has 0 spiro atoms. The molecular formula is C9H14N4. The molecule has 1 heterocycles. The van der Waals surface area contributed by atoms with Crippen LogP contribution in [0.2, 0.25) is 0 Å². The van der Waals surface area contributed by atoms with Crippen molar-refractivity contribution >= 4 is 11.5 Å². The molecule has 70 valence electrons. The van der Waals surface area contributed by atoms with Gasteiger partial charge >= 0.3 is 0 Å². The molecule has 0 aliphatic heterocycles. The van der Waals surface area contributed by atoms with Gasteiger partial charge in [0.2, 0.25) is 0 Å². The summed E-state index contributed by atoms with van der Waals surface area (Å²) in [4.78, 5) is 0. The lowest BCUT2D eigenvalue weighted by Gasteiger charge is -2.10. The minimum Gasteiger partial charge on any atom is -0.394 e. The fourth-order valence-electron chi connectivity index (χ4n) is 1.55. The maximum Gasteiger partial charge on any atom is 0.171 e. The Morgan fingerprint density at radius 1 is 1.54 bits per heavy atom. The number of nitrogen functional groups attached to an aromatic ring is 1. The molecule has 3 N–H and O–H groups in total. The van der Waals surface area contributed by atoms with Crippen LogP contribution in [-0.4, -0.2) is 15.8 Å². The van der Waals surface area contributed by atoms with E-state index in [-0.39, 0.29) is 0 Å². The van der Waals surface area contributed by atoms with Gasteiger partial charge in [0, 0.05) is 19.3 Å². The number of aryl methyl sites for hydroxylation is 1. The minimum atomic E-state index is 0.470. The van der Waals surface area contributed by atoms with Gasteiger partial charge in [-0.1, -0.05) is 12.2 Å². The van der Waals surface area contributed by atoms with Gasteiger partial charge < -0.3 is 11.1 Å². The highest BCUT2D eigenvalue weighted by Crippen LogP contribution is 2.20. The minimum absolute atomic E-state index is 0.470. The van der Waals surface area contributed by atoms with Crippen molar-refractivity contribution in [2.75, 3.05) is 11.1 Å². The van der Waals surface area contributed by atoms with Crippen LogP contribution in [0.4, 0.5) is 11.5 Å². The van der Waals surface area contributed by atoms with Crippen molar-refractivity contribution in [3.05, 3.63) is 18.3 Å². The van der Waals surface area contributed by atoms with Gasteiger partial charge in [-0.3, -0.25) is 4.68 Å². The molecule has 1 aromatic heterocycles. The summed E-state index contributed by atoms with van der Waals surface area (Å²) in [7, 11) is 1.87. The first-order chi connectivity index (χ1) is 6.25. The van der Waals surface area contributed by atoms with Crippen LogP contribution >= 0.6 is 0 Å².